The number of halogens is 1. The minimum absolute atomic E-state index is 0.231. The minimum Gasteiger partial charge on any atom is -0.469 e. The van der Waals surface area contributed by atoms with Gasteiger partial charge < -0.3 is 9.30 Å². The summed E-state index contributed by atoms with van der Waals surface area (Å²) in [4.78, 5) is 15.7. The maximum absolute atomic E-state index is 11.2. The summed E-state index contributed by atoms with van der Waals surface area (Å²) in [5.74, 6) is 0.879. The highest BCUT2D eigenvalue weighted by Gasteiger charge is 2.12. The Kier molecular flexibility index (Phi) is 3.87. The Morgan fingerprint density at radius 2 is 2.28 bits per heavy atom. The van der Waals surface area contributed by atoms with Crippen LogP contribution in [0.5, 0.6) is 0 Å². The SMILES string of the molecule is COC(=O)CCn1c(CCl)nc2c(C)cccc21. The summed E-state index contributed by atoms with van der Waals surface area (Å²) >= 11 is 5.91. The highest BCUT2D eigenvalue weighted by Crippen LogP contribution is 2.21. The number of para-hydroxylation sites is 1. The van der Waals surface area contributed by atoms with E-state index < -0.39 is 0 Å². The lowest BCUT2D eigenvalue weighted by molar-refractivity contribution is -0.140. The molecule has 0 atom stereocenters. The van der Waals surface area contributed by atoms with Gasteiger partial charge >= 0.3 is 5.97 Å². The third kappa shape index (κ3) is 2.34. The summed E-state index contributed by atoms with van der Waals surface area (Å²) in [5.41, 5.74) is 3.06. The number of esters is 1. The number of alkyl halides is 1. The van der Waals surface area contributed by atoms with E-state index in [2.05, 4.69) is 9.72 Å². The van der Waals surface area contributed by atoms with Crippen molar-refractivity contribution in [1.29, 1.82) is 0 Å². The van der Waals surface area contributed by atoms with Crippen molar-refractivity contribution in [3.05, 3.63) is 29.6 Å². The molecule has 18 heavy (non-hydrogen) atoms. The number of ether oxygens (including phenoxy) is 1. The van der Waals surface area contributed by atoms with E-state index in [1.807, 2.05) is 29.7 Å². The predicted molar refractivity (Wildman–Crippen MR) is 70.7 cm³/mol. The molecule has 0 aliphatic carbocycles. The number of aromatic nitrogens is 2. The molecule has 2 rings (SSSR count). The molecule has 1 aromatic carbocycles. The molecule has 2 aromatic rings. The summed E-state index contributed by atoms with van der Waals surface area (Å²) in [6, 6.07) is 5.98. The van der Waals surface area contributed by atoms with E-state index in [-0.39, 0.29) is 5.97 Å². The van der Waals surface area contributed by atoms with Gasteiger partial charge in [-0.3, -0.25) is 4.79 Å². The molecule has 1 heterocycles. The number of imidazole rings is 1. The van der Waals surface area contributed by atoms with Gasteiger partial charge in [0, 0.05) is 6.54 Å². The zero-order chi connectivity index (χ0) is 13.1. The number of nitrogens with zero attached hydrogens (tertiary/aromatic N) is 2. The van der Waals surface area contributed by atoms with Crippen LogP contribution in [-0.2, 0) is 22.0 Å². The lowest BCUT2D eigenvalue weighted by Crippen LogP contribution is -2.09. The lowest BCUT2D eigenvalue weighted by atomic mass is 10.2. The van der Waals surface area contributed by atoms with Crippen LogP contribution in [0.15, 0.2) is 18.2 Å². The smallest absolute Gasteiger partial charge is 0.307 e. The lowest BCUT2D eigenvalue weighted by Gasteiger charge is -2.06. The highest BCUT2D eigenvalue weighted by atomic mass is 35.5. The molecule has 1 aromatic heterocycles. The van der Waals surface area contributed by atoms with Gasteiger partial charge in [-0.25, -0.2) is 4.98 Å². The molecule has 0 aliphatic rings. The third-order valence-corrected chi connectivity index (χ3v) is 3.19. The van der Waals surface area contributed by atoms with Gasteiger partial charge in [-0.2, -0.15) is 0 Å². The summed E-state index contributed by atoms with van der Waals surface area (Å²) in [6.07, 6.45) is 0.319. The van der Waals surface area contributed by atoms with Gasteiger partial charge in [0.1, 0.15) is 5.82 Å². The number of benzene rings is 1. The van der Waals surface area contributed by atoms with E-state index in [4.69, 9.17) is 11.6 Å². The Hall–Kier alpha value is -1.55. The van der Waals surface area contributed by atoms with Crippen LogP contribution in [-0.4, -0.2) is 22.6 Å². The largest absolute Gasteiger partial charge is 0.469 e. The molecule has 5 heteroatoms. The van der Waals surface area contributed by atoms with Crippen molar-refractivity contribution in [2.75, 3.05) is 7.11 Å². The van der Waals surface area contributed by atoms with E-state index in [0.717, 1.165) is 22.4 Å². The van der Waals surface area contributed by atoms with Crippen LogP contribution < -0.4 is 0 Å². The number of carbonyl (C=O) groups excluding carboxylic acids is 1. The average Bonchev–Trinajstić information content (AvgIpc) is 2.75. The van der Waals surface area contributed by atoms with Crippen molar-refractivity contribution in [2.45, 2.75) is 25.8 Å². The first-order valence-corrected chi connectivity index (χ1v) is 6.28. The van der Waals surface area contributed by atoms with E-state index in [9.17, 15) is 4.79 Å². The Balaban J connectivity index is 2.41. The maximum Gasteiger partial charge on any atom is 0.307 e. The van der Waals surface area contributed by atoms with E-state index in [1.54, 1.807) is 0 Å². The molecule has 0 spiro atoms. The fourth-order valence-electron chi connectivity index (χ4n) is 1.99. The van der Waals surface area contributed by atoms with Crippen LogP contribution in [0.25, 0.3) is 11.0 Å². The molecule has 0 bridgehead atoms. The van der Waals surface area contributed by atoms with Crippen molar-refractivity contribution >= 4 is 28.6 Å². The van der Waals surface area contributed by atoms with Crippen LogP contribution >= 0.6 is 11.6 Å². The van der Waals surface area contributed by atoms with Crippen molar-refractivity contribution in [3.63, 3.8) is 0 Å². The molecule has 0 saturated heterocycles. The number of rotatable bonds is 4. The van der Waals surface area contributed by atoms with Crippen molar-refractivity contribution in [1.82, 2.24) is 9.55 Å². The number of fused-ring (bicyclic) bond motifs is 1. The first-order valence-electron chi connectivity index (χ1n) is 5.75. The second-order valence-electron chi connectivity index (χ2n) is 4.08. The summed E-state index contributed by atoms with van der Waals surface area (Å²) in [6.45, 7) is 2.55. The molecule has 4 nitrogen and oxygen atoms in total. The van der Waals surface area contributed by atoms with E-state index >= 15 is 0 Å². The standard InChI is InChI=1S/C13H15ClN2O2/c1-9-4-3-5-10-13(9)15-11(8-14)16(10)7-6-12(17)18-2/h3-5H,6-8H2,1-2H3. The minimum atomic E-state index is -0.231. The second-order valence-corrected chi connectivity index (χ2v) is 4.35. The van der Waals surface area contributed by atoms with Crippen LogP contribution in [0, 0.1) is 6.92 Å². The summed E-state index contributed by atoms with van der Waals surface area (Å²) < 4.78 is 6.63. The van der Waals surface area contributed by atoms with Crippen LogP contribution in [0.1, 0.15) is 17.8 Å². The molecule has 0 aliphatic heterocycles. The molecule has 96 valence electrons. The fraction of sp³-hybridized carbons (Fsp3) is 0.385. The first kappa shape index (κ1) is 12.9. The Bertz CT molecular complexity index is 578. The monoisotopic (exact) mass is 266 g/mol. The molecular weight excluding hydrogens is 252 g/mol. The van der Waals surface area contributed by atoms with Crippen molar-refractivity contribution < 1.29 is 9.53 Å². The van der Waals surface area contributed by atoms with Crippen molar-refractivity contribution in [3.8, 4) is 0 Å². The quantitative estimate of drug-likeness (QED) is 0.631. The predicted octanol–water partition coefficient (Wildman–Crippen LogP) is 2.65. The van der Waals surface area contributed by atoms with Gasteiger partial charge in [-0.1, -0.05) is 12.1 Å². The Morgan fingerprint density at radius 3 is 2.94 bits per heavy atom. The number of hydrogen-bond donors (Lipinski definition) is 0. The van der Waals surface area contributed by atoms with E-state index in [0.29, 0.717) is 18.8 Å². The highest BCUT2D eigenvalue weighted by molar-refractivity contribution is 6.16. The number of carbonyl (C=O) groups is 1. The Labute approximate surface area is 111 Å². The van der Waals surface area contributed by atoms with Crippen LogP contribution in [0.3, 0.4) is 0 Å². The van der Waals surface area contributed by atoms with Gasteiger partial charge in [0.25, 0.3) is 0 Å². The molecule has 0 amide bonds. The van der Waals surface area contributed by atoms with Crippen molar-refractivity contribution in [2.24, 2.45) is 0 Å². The van der Waals surface area contributed by atoms with Gasteiger partial charge in [0.05, 0.1) is 30.4 Å². The molecule has 0 fully saturated rings. The van der Waals surface area contributed by atoms with E-state index in [1.165, 1.54) is 7.11 Å². The number of hydrogen-bond acceptors (Lipinski definition) is 3. The molecular formula is C13H15ClN2O2. The maximum atomic E-state index is 11.2. The van der Waals surface area contributed by atoms with Crippen LogP contribution in [0.2, 0.25) is 0 Å². The van der Waals surface area contributed by atoms with Gasteiger partial charge in [-0.05, 0) is 18.6 Å². The normalized spacial score (nSPS) is 10.8. The summed E-state index contributed by atoms with van der Waals surface area (Å²) in [5, 5.41) is 0. The number of methoxy groups -OCH3 is 1. The fourth-order valence-corrected chi connectivity index (χ4v) is 2.20. The topological polar surface area (TPSA) is 44.1 Å². The van der Waals surface area contributed by atoms with Gasteiger partial charge in [-0.15, -0.1) is 11.6 Å². The number of aryl methyl sites for hydroxylation is 2. The van der Waals surface area contributed by atoms with Gasteiger partial charge in [0.15, 0.2) is 0 Å². The van der Waals surface area contributed by atoms with Gasteiger partial charge in [0.2, 0.25) is 0 Å². The second kappa shape index (κ2) is 5.40. The average molecular weight is 267 g/mol. The summed E-state index contributed by atoms with van der Waals surface area (Å²) in [7, 11) is 1.39. The third-order valence-electron chi connectivity index (χ3n) is 2.95. The molecule has 0 N–H and O–H groups in total. The zero-order valence-corrected chi connectivity index (χ0v) is 11.2. The zero-order valence-electron chi connectivity index (χ0n) is 10.4. The molecule has 0 saturated carbocycles. The molecule has 0 unspecified atom stereocenters. The first-order chi connectivity index (χ1) is 8.67. The molecule has 0 radical (unpaired) electrons. The Morgan fingerprint density at radius 1 is 1.50 bits per heavy atom. The van der Waals surface area contributed by atoms with Crippen LogP contribution in [0.4, 0.5) is 0 Å².